The van der Waals surface area contributed by atoms with Gasteiger partial charge < -0.3 is 9.64 Å². The molecule has 118 valence electrons. The molecule has 0 spiro atoms. The minimum Gasteiger partial charge on any atom is -0.470 e. The van der Waals surface area contributed by atoms with Gasteiger partial charge in [0, 0.05) is 19.7 Å². The van der Waals surface area contributed by atoms with Crippen LogP contribution in [0.5, 0.6) is 0 Å². The SMILES string of the molecule is CCOC(=S)N/N=C/C(=N/NC(=S)N(C)C)c1ccccc1. The third-order valence-corrected chi connectivity index (χ3v) is 3.03. The van der Waals surface area contributed by atoms with Crippen LogP contribution in [0.25, 0.3) is 0 Å². The number of hydrazone groups is 2. The van der Waals surface area contributed by atoms with Gasteiger partial charge in [0.1, 0.15) is 5.71 Å². The predicted octanol–water partition coefficient (Wildman–Crippen LogP) is 1.72. The molecule has 0 unspecified atom stereocenters. The highest BCUT2D eigenvalue weighted by Gasteiger charge is 2.02. The Morgan fingerprint density at radius 2 is 1.91 bits per heavy atom. The molecule has 6 nitrogen and oxygen atoms in total. The summed E-state index contributed by atoms with van der Waals surface area (Å²) in [6, 6.07) is 9.61. The summed E-state index contributed by atoms with van der Waals surface area (Å²) >= 11 is 10.1. The van der Waals surface area contributed by atoms with Crippen molar-refractivity contribution in [1.82, 2.24) is 15.8 Å². The first-order valence-electron chi connectivity index (χ1n) is 6.60. The maximum atomic E-state index is 5.14. The van der Waals surface area contributed by atoms with Gasteiger partial charge in [-0.2, -0.15) is 10.2 Å². The van der Waals surface area contributed by atoms with Crippen molar-refractivity contribution in [2.45, 2.75) is 6.92 Å². The van der Waals surface area contributed by atoms with Gasteiger partial charge in [-0.1, -0.05) is 30.3 Å². The third-order valence-electron chi connectivity index (χ3n) is 2.37. The second-order valence-corrected chi connectivity index (χ2v) is 5.02. The number of benzene rings is 1. The van der Waals surface area contributed by atoms with Crippen LogP contribution in [0.3, 0.4) is 0 Å². The first-order chi connectivity index (χ1) is 10.5. The van der Waals surface area contributed by atoms with Crippen LogP contribution in [0.4, 0.5) is 0 Å². The molecule has 0 fully saturated rings. The Balaban J connectivity index is 2.83. The van der Waals surface area contributed by atoms with Crippen LogP contribution in [0.2, 0.25) is 0 Å². The summed E-state index contributed by atoms with van der Waals surface area (Å²) in [6.07, 6.45) is 1.55. The van der Waals surface area contributed by atoms with E-state index in [1.165, 1.54) is 0 Å². The van der Waals surface area contributed by atoms with Crippen LogP contribution in [0.1, 0.15) is 12.5 Å². The van der Waals surface area contributed by atoms with Crippen LogP contribution < -0.4 is 10.9 Å². The summed E-state index contributed by atoms with van der Waals surface area (Å²) < 4.78 is 5.08. The molecule has 0 aliphatic carbocycles. The standard InChI is InChI=1S/C14H19N5OS2/c1-4-20-14(22)18-15-10-12(11-8-6-5-7-9-11)16-17-13(21)19(2)3/h5-10H,4H2,1-3H3,(H,17,21)(H,18,22)/b15-10+,16-12-. The van der Waals surface area contributed by atoms with Crippen molar-refractivity contribution in [3.05, 3.63) is 35.9 Å². The number of rotatable bonds is 5. The van der Waals surface area contributed by atoms with E-state index in [0.29, 0.717) is 17.4 Å². The molecule has 0 amide bonds. The summed E-state index contributed by atoms with van der Waals surface area (Å²) in [5, 5.41) is 9.00. The zero-order valence-electron chi connectivity index (χ0n) is 12.7. The van der Waals surface area contributed by atoms with Gasteiger partial charge in [-0.05, 0) is 31.4 Å². The molecule has 0 atom stereocenters. The largest absolute Gasteiger partial charge is 0.470 e. The van der Waals surface area contributed by atoms with E-state index in [1.807, 2.05) is 51.4 Å². The lowest BCUT2D eigenvalue weighted by Crippen LogP contribution is -2.32. The second kappa shape index (κ2) is 9.80. The van der Waals surface area contributed by atoms with Crippen LogP contribution in [0.15, 0.2) is 40.5 Å². The highest BCUT2D eigenvalue weighted by molar-refractivity contribution is 7.80. The first kappa shape index (κ1) is 18.0. The fourth-order valence-corrected chi connectivity index (χ4v) is 1.51. The average molecular weight is 337 g/mol. The van der Waals surface area contributed by atoms with E-state index in [2.05, 4.69) is 21.1 Å². The van der Waals surface area contributed by atoms with Crippen molar-refractivity contribution in [1.29, 1.82) is 0 Å². The lowest BCUT2D eigenvalue weighted by molar-refractivity contribution is 0.321. The Bertz CT molecular complexity index is 558. The topological polar surface area (TPSA) is 61.2 Å². The zero-order chi connectivity index (χ0) is 16.4. The monoisotopic (exact) mass is 337 g/mol. The Hall–Kier alpha value is -2.06. The molecule has 0 bridgehead atoms. The fraction of sp³-hybridized carbons (Fsp3) is 0.286. The van der Waals surface area contributed by atoms with Crippen molar-refractivity contribution >= 4 is 46.6 Å². The molecular weight excluding hydrogens is 318 g/mol. The summed E-state index contributed by atoms with van der Waals surface area (Å²) in [7, 11) is 3.67. The lowest BCUT2D eigenvalue weighted by Gasteiger charge is -2.12. The number of nitrogens with one attached hydrogen (secondary N) is 2. The number of hydrogen-bond donors (Lipinski definition) is 2. The maximum Gasteiger partial charge on any atom is 0.277 e. The third kappa shape index (κ3) is 6.59. The van der Waals surface area contributed by atoms with Crippen LogP contribution >= 0.6 is 24.4 Å². The Morgan fingerprint density at radius 3 is 2.50 bits per heavy atom. The predicted molar refractivity (Wildman–Crippen MR) is 98.3 cm³/mol. The van der Waals surface area contributed by atoms with Gasteiger partial charge in [-0.3, -0.25) is 5.43 Å². The van der Waals surface area contributed by atoms with Gasteiger partial charge >= 0.3 is 0 Å². The number of hydrogen-bond acceptors (Lipinski definition) is 5. The number of ether oxygens (including phenoxy) is 1. The molecule has 0 radical (unpaired) electrons. The summed E-state index contributed by atoms with van der Waals surface area (Å²) in [5.41, 5.74) is 6.93. The lowest BCUT2D eigenvalue weighted by atomic mass is 10.1. The molecule has 0 aromatic heterocycles. The molecule has 0 aliphatic rings. The van der Waals surface area contributed by atoms with Crippen LogP contribution in [-0.2, 0) is 4.74 Å². The molecular formula is C14H19N5OS2. The average Bonchev–Trinajstić information content (AvgIpc) is 2.51. The molecule has 2 N–H and O–H groups in total. The molecule has 1 rings (SSSR count). The second-order valence-electron chi connectivity index (χ2n) is 4.26. The minimum atomic E-state index is 0.211. The van der Waals surface area contributed by atoms with Crippen LogP contribution in [-0.4, -0.2) is 47.8 Å². The molecule has 8 heteroatoms. The maximum absolute atomic E-state index is 5.14. The molecule has 0 heterocycles. The summed E-state index contributed by atoms with van der Waals surface area (Å²) in [6.45, 7) is 2.33. The van der Waals surface area contributed by atoms with Gasteiger partial charge in [0.2, 0.25) is 0 Å². The van der Waals surface area contributed by atoms with Crippen LogP contribution in [0, 0.1) is 0 Å². The van der Waals surface area contributed by atoms with Crippen molar-refractivity contribution in [3.8, 4) is 0 Å². The highest BCUT2D eigenvalue weighted by atomic mass is 32.1. The molecule has 1 aromatic carbocycles. The van der Waals surface area contributed by atoms with Crippen molar-refractivity contribution in [2.24, 2.45) is 10.2 Å². The summed E-state index contributed by atoms with van der Waals surface area (Å²) in [5.74, 6) is 0. The van der Waals surface area contributed by atoms with Crippen molar-refractivity contribution in [2.75, 3.05) is 20.7 Å². The van der Waals surface area contributed by atoms with Crippen molar-refractivity contribution in [3.63, 3.8) is 0 Å². The van der Waals surface area contributed by atoms with Gasteiger partial charge in [-0.25, -0.2) is 5.43 Å². The minimum absolute atomic E-state index is 0.211. The Labute approximate surface area is 141 Å². The molecule has 22 heavy (non-hydrogen) atoms. The van der Waals surface area contributed by atoms with Gasteiger partial charge in [0.25, 0.3) is 5.17 Å². The van der Waals surface area contributed by atoms with E-state index >= 15 is 0 Å². The first-order valence-corrected chi connectivity index (χ1v) is 7.42. The number of thiocarbonyl (C=S) groups is 2. The Morgan fingerprint density at radius 1 is 1.23 bits per heavy atom. The summed E-state index contributed by atoms with van der Waals surface area (Å²) in [4.78, 5) is 1.75. The van der Waals surface area contributed by atoms with E-state index in [0.717, 1.165) is 5.56 Å². The van der Waals surface area contributed by atoms with E-state index < -0.39 is 0 Å². The number of nitrogens with zero attached hydrogens (tertiary/aromatic N) is 3. The smallest absolute Gasteiger partial charge is 0.277 e. The fourth-order valence-electron chi connectivity index (χ4n) is 1.29. The molecule has 0 saturated heterocycles. The van der Waals surface area contributed by atoms with Gasteiger partial charge in [-0.15, -0.1) is 0 Å². The quantitative estimate of drug-likeness (QED) is 0.485. The van der Waals surface area contributed by atoms with Gasteiger partial charge in [0.15, 0.2) is 5.11 Å². The van der Waals surface area contributed by atoms with E-state index in [9.17, 15) is 0 Å². The van der Waals surface area contributed by atoms with E-state index in [-0.39, 0.29) is 5.17 Å². The van der Waals surface area contributed by atoms with E-state index in [4.69, 9.17) is 29.2 Å². The molecule has 1 aromatic rings. The van der Waals surface area contributed by atoms with Gasteiger partial charge in [0.05, 0.1) is 12.8 Å². The van der Waals surface area contributed by atoms with Crippen molar-refractivity contribution < 1.29 is 4.74 Å². The molecule has 0 aliphatic heterocycles. The van der Waals surface area contributed by atoms with E-state index in [1.54, 1.807) is 11.1 Å². The molecule has 0 saturated carbocycles. The Kier molecular flexibility index (Phi) is 8.01. The normalized spacial score (nSPS) is 11.1. The zero-order valence-corrected chi connectivity index (χ0v) is 14.4. The highest BCUT2D eigenvalue weighted by Crippen LogP contribution is 1.99.